The number of ether oxygens (including phenoxy) is 2. The second kappa shape index (κ2) is 51.8. The van der Waals surface area contributed by atoms with Crippen molar-refractivity contribution in [1.82, 2.24) is 5.32 Å². The van der Waals surface area contributed by atoms with Gasteiger partial charge in [0.2, 0.25) is 5.91 Å². The third-order valence-corrected chi connectivity index (χ3v) is 13.7. The molecule has 9 heteroatoms. The van der Waals surface area contributed by atoms with Crippen LogP contribution in [0.15, 0.2) is 85.1 Å². The van der Waals surface area contributed by atoms with Crippen molar-refractivity contribution < 1.29 is 39.8 Å². The minimum atomic E-state index is -1.57. The molecule has 0 radical (unpaired) electrons. The second-order valence-electron chi connectivity index (χ2n) is 20.4. The minimum absolute atomic E-state index is 0.192. The summed E-state index contributed by atoms with van der Waals surface area (Å²) >= 11 is 0. The molecule has 6 N–H and O–H groups in total. The van der Waals surface area contributed by atoms with Crippen LogP contribution in [0.5, 0.6) is 0 Å². The van der Waals surface area contributed by atoms with Crippen LogP contribution in [0, 0.1) is 0 Å². The van der Waals surface area contributed by atoms with Crippen LogP contribution < -0.4 is 5.32 Å². The first-order chi connectivity index (χ1) is 35.3. The van der Waals surface area contributed by atoms with Crippen LogP contribution in [-0.2, 0) is 14.3 Å². The molecule has 0 aromatic heterocycles. The van der Waals surface area contributed by atoms with Gasteiger partial charge in [0.25, 0.3) is 0 Å². The van der Waals surface area contributed by atoms with Crippen LogP contribution in [0.2, 0.25) is 0 Å². The highest BCUT2D eigenvalue weighted by Gasteiger charge is 2.44. The van der Waals surface area contributed by atoms with E-state index in [0.717, 1.165) is 77.0 Å². The first-order valence-corrected chi connectivity index (χ1v) is 29.8. The maximum atomic E-state index is 13.0. The fraction of sp³-hybridized carbons (Fsp3) is 0.762. The number of nitrogens with one attached hydrogen (secondary N) is 1. The van der Waals surface area contributed by atoms with E-state index in [1.54, 1.807) is 6.08 Å². The zero-order valence-corrected chi connectivity index (χ0v) is 46.2. The van der Waals surface area contributed by atoms with Gasteiger partial charge in [-0.1, -0.05) is 253 Å². The van der Waals surface area contributed by atoms with Gasteiger partial charge in [-0.05, 0) is 77.0 Å². The molecule has 1 saturated heterocycles. The summed E-state index contributed by atoms with van der Waals surface area (Å²) in [5.74, 6) is -0.192. The Balaban J connectivity index is 2.01. The Morgan fingerprint density at radius 2 is 0.833 bits per heavy atom. The highest BCUT2D eigenvalue weighted by molar-refractivity contribution is 5.76. The van der Waals surface area contributed by atoms with E-state index in [0.29, 0.717) is 6.42 Å². The van der Waals surface area contributed by atoms with Crippen LogP contribution in [-0.4, -0.2) is 87.5 Å². The molecule has 0 spiro atoms. The lowest BCUT2D eigenvalue weighted by Gasteiger charge is -2.40. The number of allylic oxidation sites excluding steroid dienone is 13. The van der Waals surface area contributed by atoms with E-state index < -0.39 is 49.5 Å². The van der Waals surface area contributed by atoms with Crippen molar-refractivity contribution in [2.24, 2.45) is 0 Å². The number of aliphatic hydroxyl groups is 5. The molecule has 1 fully saturated rings. The van der Waals surface area contributed by atoms with Crippen molar-refractivity contribution in [2.75, 3.05) is 13.2 Å². The summed E-state index contributed by atoms with van der Waals surface area (Å²) in [6, 6.07) is -0.827. The third-order valence-electron chi connectivity index (χ3n) is 13.7. The molecule has 1 aliphatic heterocycles. The maximum absolute atomic E-state index is 13.0. The number of rotatable bonds is 50. The monoisotopic (exact) mass is 1010 g/mol. The molecule has 9 nitrogen and oxygen atoms in total. The topological polar surface area (TPSA) is 149 Å². The van der Waals surface area contributed by atoms with Gasteiger partial charge in [0.15, 0.2) is 6.29 Å². The smallest absolute Gasteiger partial charge is 0.220 e. The summed E-state index contributed by atoms with van der Waals surface area (Å²) in [6.45, 7) is 3.52. The number of hydrogen-bond donors (Lipinski definition) is 6. The number of carbonyl (C=O) groups excluding carboxylic acids is 1. The lowest BCUT2D eigenvalue weighted by Crippen LogP contribution is -2.60. The predicted octanol–water partition coefficient (Wildman–Crippen LogP) is 15.0. The molecule has 0 aromatic rings. The van der Waals surface area contributed by atoms with Gasteiger partial charge in [-0.15, -0.1) is 0 Å². The molecule has 1 heterocycles. The van der Waals surface area contributed by atoms with E-state index in [1.165, 1.54) is 154 Å². The summed E-state index contributed by atoms with van der Waals surface area (Å²) in [7, 11) is 0. The van der Waals surface area contributed by atoms with Crippen LogP contribution in [0.4, 0.5) is 0 Å². The highest BCUT2D eigenvalue weighted by atomic mass is 16.7. The maximum Gasteiger partial charge on any atom is 0.220 e. The van der Waals surface area contributed by atoms with Crippen LogP contribution in [0.3, 0.4) is 0 Å². The summed E-state index contributed by atoms with van der Waals surface area (Å²) in [4.78, 5) is 13.0. The van der Waals surface area contributed by atoms with E-state index in [2.05, 4.69) is 92.1 Å². The molecular weight excluding hydrogens is 899 g/mol. The molecule has 7 atom stereocenters. The average Bonchev–Trinajstić information content (AvgIpc) is 3.38. The Morgan fingerprint density at radius 1 is 0.472 bits per heavy atom. The Morgan fingerprint density at radius 3 is 1.28 bits per heavy atom. The lowest BCUT2D eigenvalue weighted by atomic mass is 9.99. The molecule has 0 saturated carbocycles. The van der Waals surface area contributed by atoms with E-state index in [4.69, 9.17) is 9.47 Å². The van der Waals surface area contributed by atoms with Crippen LogP contribution in [0.25, 0.3) is 0 Å². The molecule has 72 heavy (non-hydrogen) atoms. The van der Waals surface area contributed by atoms with Gasteiger partial charge in [0, 0.05) is 6.42 Å². The van der Waals surface area contributed by atoms with Crippen LogP contribution in [0.1, 0.15) is 251 Å². The third kappa shape index (κ3) is 40.7. The standard InChI is InChI=1S/C63H111NO8/c1-3-5-7-9-11-13-15-16-17-18-19-20-21-22-23-24-25-26-27-28-29-30-31-32-33-34-35-36-37-38-39-40-41-42-43-45-47-49-51-53-59(67)64-56(55-71-63-62(70)61(69)60(68)58(54-65)72-63)57(66)52-50-48-46-44-14-12-10-8-6-4-2/h5-8,11,13-14,16-17,19-20,44,50,52,56-58,60-63,65-66,68-70H,3-4,9-10,12,15,18,21-43,45-49,51,53-55H2,1-2H3,(H,64,67)/b7-5-,8-6+,13-11-,17-16-,20-19-,44-14+,52-50+. The molecular formula is C63H111NO8. The first-order valence-electron chi connectivity index (χ1n) is 29.8. The van der Waals surface area contributed by atoms with Crippen molar-refractivity contribution in [3.8, 4) is 0 Å². The summed E-state index contributed by atoms with van der Waals surface area (Å²) in [5, 5.41) is 54.2. The minimum Gasteiger partial charge on any atom is -0.394 e. The van der Waals surface area contributed by atoms with Gasteiger partial charge in [0.05, 0.1) is 25.4 Å². The molecule has 0 bridgehead atoms. The van der Waals surface area contributed by atoms with Crippen molar-refractivity contribution in [3.05, 3.63) is 85.1 Å². The number of amides is 1. The Labute approximate surface area is 441 Å². The van der Waals surface area contributed by atoms with E-state index in [1.807, 2.05) is 6.08 Å². The first kappa shape index (κ1) is 67.4. The van der Waals surface area contributed by atoms with Gasteiger partial charge in [-0.2, -0.15) is 0 Å². The molecule has 7 unspecified atom stereocenters. The highest BCUT2D eigenvalue weighted by Crippen LogP contribution is 2.23. The van der Waals surface area contributed by atoms with Gasteiger partial charge in [0.1, 0.15) is 24.4 Å². The Hall–Kier alpha value is -2.63. The average molecular weight is 1010 g/mol. The van der Waals surface area contributed by atoms with Gasteiger partial charge >= 0.3 is 0 Å². The predicted molar refractivity (Wildman–Crippen MR) is 304 cm³/mol. The zero-order chi connectivity index (χ0) is 52.2. The molecule has 0 aromatic carbocycles. The summed E-state index contributed by atoms with van der Waals surface area (Å²) in [5.41, 5.74) is 0. The summed E-state index contributed by atoms with van der Waals surface area (Å²) in [6.07, 6.45) is 67.1. The SMILES string of the molecule is CC/C=C\C/C=C\C/C=C\C/C=C\CCCCCCCCCCCCCCCCCCCCCCCCCCCCC(=O)NC(COC1OC(CO)C(O)C(O)C1O)C(O)/C=C/CC/C=C/CC/C=C/CC. The summed E-state index contributed by atoms with van der Waals surface area (Å²) < 4.78 is 11.2. The van der Waals surface area contributed by atoms with Gasteiger partial charge in [-0.3, -0.25) is 4.79 Å². The van der Waals surface area contributed by atoms with Crippen LogP contribution >= 0.6 is 0 Å². The van der Waals surface area contributed by atoms with Gasteiger partial charge < -0.3 is 40.3 Å². The normalized spacial score (nSPS) is 19.8. The van der Waals surface area contributed by atoms with E-state index >= 15 is 0 Å². The number of unbranched alkanes of at least 4 members (excludes halogenated alkanes) is 28. The lowest BCUT2D eigenvalue weighted by molar-refractivity contribution is -0.302. The van der Waals surface area contributed by atoms with Crippen molar-refractivity contribution in [2.45, 2.75) is 294 Å². The molecule has 416 valence electrons. The number of aliphatic hydroxyl groups excluding tert-OH is 5. The Bertz CT molecular complexity index is 1400. The van der Waals surface area contributed by atoms with Crippen molar-refractivity contribution in [1.29, 1.82) is 0 Å². The zero-order valence-electron chi connectivity index (χ0n) is 46.2. The van der Waals surface area contributed by atoms with Gasteiger partial charge in [-0.25, -0.2) is 0 Å². The largest absolute Gasteiger partial charge is 0.394 e. The second-order valence-corrected chi connectivity index (χ2v) is 20.4. The quantitative estimate of drug-likeness (QED) is 0.0261. The molecule has 0 aliphatic carbocycles. The molecule has 1 rings (SSSR count). The number of hydrogen-bond acceptors (Lipinski definition) is 8. The Kier molecular flexibility index (Phi) is 48.5. The van der Waals surface area contributed by atoms with Crippen molar-refractivity contribution in [3.63, 3.8) is 0 Å². The van der Waals surface area contributed by atoms with E-state index in [9.17, 15) is 30.3 Å². The fourth-order valence-electron chi connectivity index (χ4n) is 9.07. The molecule has 1 amide bonds. The molecule has 1 aliphatic rings. The van der Waals surface area contributed by atoms with Crippen molar-refractivity contribution >= 4 is 5.91 Å². The van der Waals surface area contributed by atoms with E-state index in [-0.39, 0.29) is 12.5 Å². The number of carbonyl (C=O) groups is 1. The fourth-order valence-corrected chi connectivity index (χ4v) is 9.07.